The van der Waals surface area contributed by atoms with Crippen LogP contribution in [0.1, 0.15) is 39.9 Å². The van der Waals surface area contributed by atoms with E-state index in [4.69, 9.17) is 11.6 Å². The average molecular weight is 332 g/mol. The molecule has 1 heterocycles. The van der Waals surface area contributed by atoms with Gasteiger partial charge in [-0.1, -0.05) is 30.7 Å². The topological polar surface area (TPSA) is 71.1 Å². The number of aromatic nitrogens is 1. The maximum atomic E-state index is 12.3. The van der Waals surface area contributed by atoms with E-state index in [1.807, 2.05) is 19.9 Å². The Hall–Kier alpha value is -2.40. The highest BCUT2D eigenvalue weighted by molar-refractivity contribution is 6.31. The van der Waals surface area contributed by atoms with Crippen LogP contribution in [0, 0.1) is 6.92 Å². The van der Waals surface area contributed by atoms with Crippen LogP contribution >= 0.6 is 11.6 Å². The minimum atomic E-state index is -0.388. The lowest BCUT2D eigenvalue weighted by molar-refractivity contribution is 0.0948. The van der Waals surface area contributed by atoms with Gasteiger partial charge in [0, 0.05) is 17.3 Å². The number of hydrogen-bond acceptors (Lipinski definition) is 3. The molecule has 120 valence electrons. The third-order valence-electron chi connectivity index (χ3n) is 3.20. The molecule has 0 fully saturated rings. The van der Waals surface area contributed by atoms with E-state index in [2.05, 4.69) is 15.6 Å². The number of aryl methyl sites for hydroxylation is 1. The fourth-order valence-electron chi connectivity index (χ4n) is 1.93. The Morgan fingerprint density at radius 2 is 1.83 bits per heavy atom. The van der Waals surface area contributed by atoms with Crippen LogP contribution in [-0.4, -0.2) is 23.3 Å². The summed E-state index contributed by atoms with van der Waals surface area (Å²) in [5, 5.41) is 6.02. The molecule has 23 heavy (non-hydrogen) atoms. The lowest BCUT2D eigenvalue weighted by Crippen LogP contribution is -2.26. The van der Waals surface area contributed by atoms with Gasteiger partial charge in [0.05, 0.1) is 0 Å². The van der Waals surface area contributed by atoms with Gasteiger partial charge in [0.25, 0.3) is 11.8 Å². The minimum Gasteiger partial charge on any atom is -0.351 e. The van der Waals surface area contributed by atoms with Crippen molar-refractivity contribution in [2.75, 3.05) is 11.9 Å². The second-order valence-corrected chi connectivity index (χ2v) is 5.51. The lowest BCUT2D eigenvalue weighted by atomic mass is 10.2. The van der Waals surface area contributed by atoms with Crippen molar-refractivity contribution in [1.82, 2.24) is 10.3 Å². The highest BCUT2D eigenvalue weighted by Gasteiger charge is 2.13. The molecule has 0 radical (unpaired) electrons. The van der Waals surface area contributed by atoms with Crippen molar-refractivity contribution in [3.05, 3.63) is 58.4 Å². The molecule has 6 heteroatoms. The monoisotopic (exact) mass is 331 g/mol. The molecule has 5 nitrogen and oxygen atoms in total. The molecule has 0 aliphatic rings. The first kappa shape index (κ1) is 17.0. The van der Waals surface area contributed by atoms with Crippen molar-refractivity contribution >= 4 is 29.1 Å². The van der Waals surface area contributed by atoms with Gasteiger partial charge in [0.2, 0.25) is 0 Å². The van der Waals surface area contributed by atoms with Gasteiger partial charge in [0.15, 0.2) is 0 Å². The molecule has 0 atom stereocenters. The standard InChI is InChI=1S/C17H18ClN3O2/c1-3-9-19-16(22)13-5-4-6-14(20-13)17(23)21-15-10-12(18)8-7-11(15)2/h4-8,10H,3,9H2,1-2H3,(H,19,22)(H,21,23). The van der Waals surface area contributed by atoms with Gasteiger partial charge in [-0.05, 0) is 43.2 Å². The van der Waals surface area contributed by atoms with Crippen LogP contribution in [0.2, 0.25) is 5.02 Å². The van der Waals surface area contributed by atoms with Gasteiger partial charge in [-0.25, -0.2) is 4.98 Å². The van der Waals surface area contributed by atoms with E-state index >= 15 is 0 Å². The van der Waals surface area contributed by atoms with Crippen molar-refractivity contribution in [2.45, 2.75) is 20.3 Å². The molecule has 2 rings (SSSR count). The molecule has 2 N–H and O–H groups in total. The van der Waals surface area contributed by atoms with Crippen LogP contribution in [0.3, 0.4) is 0 Å². The first-order chi connectivity index (χ1) is 11.0. The van der Waals surface area contributed by atoms with E-state index in [1.165, 1.54) is 0 Å². The van der Waals surface area contributed by atoms with Gasteiger partial charge in [-0.2, -0.15) is 0 Å². The number of carbonyl (C=O) groups excluding carboxylic acids is 2. The summed E-state index contributed by atoms with van der Waals surface area (Å²) in [6, 6.07) is 10.0. The number of pyridine rings is 1. The summed E-state index contributed by atoms with van der Waals surface area (Å²) in [5.41, 5.74) is 1.90. The van der Waals surface area contributed by atoms with E-state index in [9.17, 15) is 9.59 Å². The molecule has 0 spiro atoms. The number of rotatable bonds is 5. The van der Waals surface area contributed by atoms with Crippen LogP contribution in [0.15, 0.2) is 36.4 Å². The number of nitrogens with one attached hydrogen (secondary N) is 2. The first-order valence-electron chi connectivity index (χ1n) is 7.34. The zero-order chi connectivity index (χ0) is 16.8. The van der Waals surface area contributed by atoms with Crippen molar-refractivity contribution in [3.63, 3.8) is 0 Å². The molecule has 0 unspecified atom stereocenters. The molecular weight excluding hydrogens is 314 g/mol. The predicted molar refractivity (Wildman–Crippen MR) is 91.0 cm³/mol. The molecule has 1 aromatic carbocycles. The summed E-state index contributed by atoms with van der Waals surface area (Å²) in [7, 11) is 0. The quantitative estimate of drug-likeness (QED) is 0.881. The Balaban J connectivity index is 2.16. The molecule has 0 aliphatic carbocycles. The summed E-state index contributed by atoms with van der Waals surface area (Å²) < 4.78 is 0. The minimum absolute atomic E-state index is 0.175. The fraction of sp³-hybridized carbons (Fsp3) is 0.235. The Morgan fingerprint density at radius 3 is 2.52 bits per heavy atom. The Labute approximate surface area is 140 Å². The molecule has 0 bridgehead atoms. The second-order valence-electron chi connectivity index (χ2n) is 5.08. The molecule has 2 amide bonds. The summed E-state index contributed by atoms with van der Waals surface area (Å²) in [5.74, 6) is -0.680. The summed E-state index contributed by atoms with van der Waals surface area (Å²) in [6.45, 7) is 4.40. The van der Waals surface area contributed by atoms with E-state index < -0.39 is 0 Å². The van der Waals surface area contributed by atoms with Gasteiger partial charge in [0.1, 0.15) is 11.4 Å². The second kappa shape index (κ2) is 7.74. The molecule has 2 aromatic rings. The first-order valence-corrected chi connectivity index (χ1v) is 7.72. The Morgan fingerprint density at radius 1 is 1.13 bits per heavy atom. The van der Waals surface area contributed by atoms with Crippen LogP contribution in [0.25, 0.3) is 0 Å². The Bertz CT molecular complexity index is 732. The SMILES string of the molecule is CCCNC(=O)c1cccc(C(=O)Nc2cc(Cl)ccc2C)n1. The zero-order valence-electron chi connectivity index (χ0n) is 13.0. The lowest BCUT2D eigenvalue weighted by Gasteiger charge is -2.09. The normalized spacial score (nSPS) is 10.2. The van der Waals surface area contributed by atoms with Crippen molar-refractivity contribution in [2.24, 2.45) is 0 Å². The Kier molecular flexibility index (Phi) is 5.71. The third-order valence-corrected chi connectivity index (χ3v) is 3.43. The molecular formula is C17H18ClN3O2. The van der Waals surface area contributed by atoms with E-state index in [-0.39, 0.29) is 23.2 Å². The fourth-order valence-corrected chi connectivity index (χ4v) is 2.10. The summed E-state index contributed by atoms with van der Waals surface area (Å²) in [6.07, 6.45) is 0.833. The maximum Gasteiger partial charge on any atom is 0.274 e. The largest absolute Gasteiger partial charge is 0.351 e. The van der Waals surface area contributed by atoms with Crippen LogP contribution in [0.4, 0.5) is 5.69 Å². The van der Waals surface area contributed by atoms with Crippen molar-refractivity contribution < 1.29 is 9.59 Å². The number of benzene rings is 1. The number of hydrogen-bond donors (Lipinski definition) is 2. The molecule has 1 aromatic heterocycles. The molecule has 0 aliphatic heterocycles. The van der Waals surface area contributed by atoms with Crippen molar-refractivity contribution in [1.29, 1.82) is 0 Å². The average Bonchev–Trinajstić information content (AvgIpc) is 2.56. The van der Waals surface area contributed by atoms with E-state index in [0.29, 0.717) is 17.3 Å². The highest BCUT2D eigenvalue weighted by Crippen LogP contribution is 2.20. The maximum absolute atomic E-state index is 12.3. The van der Waals surface area contributed by atoms with Crippen molar-refractivity contribution in [3.8, 4) is 0 Å². The highest BCUT2D eigenvalue weighted by atomic mass is 35.5. The van der Waals surface area contributed by atoms with Gasteiger partial charge >= 0.3 is 0 Å². The number of amides is 2. The number of carbonyl (C=O) groups is 2. The zero-order valence-corrected chi connectivity index (χ0v) is 13.8. The number of nitrogens with zero attached hydrogens (tertiary/aromatic N) is 1. The van der Waals surface area contributed by atoms with E-state index in [0.717, 1.165) is 12.0 Å². The summed E-state index contributed by atoms with van der Waals surface area (Å²) >= 11 is 5.94. The van der Waals surface area contributed by atoms with Gasteiger partial charge in [-0.15, -0.1) is 0 Å². The molecule has 0 saturated heterocycles. The predicted octanol–water partition coefficient (Wildman–Crippen LogP) is 3.44. The summed E-state index contributed by atoms with van der Waals surface area (Å²) in [4.78, 5) is 28.3. The number of halogens is 1. The smallest absolute Gasteiger partial charge is 0.274 e. The van der Waals surface area contributed by atoms with Gasteiger partial charge < -0.3 is 10.6 Å². The third kappa shape index (κ3) is 4.53. The van der Waals surface area contributed by atoms with Crippen LogP contribution in [0.5, 0.6) is 0 Å². The van der Waals surface area contributed by atoms with Gasteiger partial charge in [-0.3, -0.25) is 9.59 Å². The van der Waals surface area contributed by atoms with Crippen LogP contribution < -0.4 is 10.6 Å². The molecule has 0 saturated carbocycles. The number of anilines is 1. The van der Waals surface area contributed by atoms with Crippen LogP contribution in [-0.2, 0) is 0 Å². The van der Waals surface area contributed by atoms with E-state index in [1.54, 1.807) is 30.3 Å².